The van der Waals surface area contributed by atoms with Crippen LogP contribution in [0.15, 0.2) is 42.5 Å². The van der Waals surface area contributed by atoms with Gasteiger partial charge in [0.2, 0.25) is 0 Å². The number of rotatable bonds is 5. The number of ether oxygens (including phenoxy) is 2. The molecule has 0 spiro atoms. The van der Waals surface area contributed by atoms with Gasteiger partial charge in [0.25, 0.3) is 0 Å². The zero-order valence-electron chi connectivity index (χ0n) is 17.6. The van der Waals surface area contributed by atoms with Crippen LogP contribution in [0.5, 0.6) is 11.5 Å². The van der Waals surface area contributed by atoms with Gasteiger partial charge in [0, 0.05) is 12.6 Å². The Morgan fingerprint density at radius 1 is 0.966 bits per heavy atom. The molecule has 1 N–H and O–H groups in total. The number of hydrogen-bond donors (Lipinski definition) is 1. The van der Waals surface area contributed by atoms with Gasteiger partial charge >= 0.3 is 0 Å². The van der Waals surface area contributed by atoms with Gasteiger partial charge in [-0.15, -0.1) is 0 Å². The van der Waals surface area contributed by atoms with Crippen LogP contribution in [0.2, 0.25) is 0 Å². The number of likely N-dealkylation sites (tertiary alicyclic amines) is 1. The summed E-state index contributed by atoms with van der Waals surface area (Å²) in [5, 5.41) is 10.7. The monoisotopic (exact) mass is 395 g/mol. The number of aliphatic hydroxyl groups is 1. The van der Waals surface area contributed by atoms with Gasteiger partial charge in [0.15, 0.2) is 0 Å². The zero-order chi connectivity index (χ0) is 20.2. The van der Waals surface area contributed by atoms with Crippen molar-refractivity contribution in [3.63, 3.8) is 0 Å². The molecule has 0 saturated carbocycles. The first-order valence-electron chi connectivity index (χ1n) is 10.9. The number of hydrogen-bond acceptors (Lipinski definition) is 4. The predicted molar refractivity (Wildman–Crippen MR) is 116 cm³/mol. The van der Waals surface area contributed by atoms with Gasteiger partial charge in [-0.1, -0.05) is 24.3 Å². The van der Waals surface area contributed by atoms with Crippen molar-refractivity contribution in [2.75, 3.05) is 33.9 Å². The van der Waals surface area contributed by atoms with E-state index in [1.54, 1.807) is 14.2 Å². The van der Waals surface area contributed by atoms with Crippen LogP contribution >= 0.6 is 0 Å². The Kier molecular flexibility index (Phi) is 6.41. The molecule has 0 radical (unpaired) electrons. The van der Waals surface area contributed by atoms with E-state index >= 15 is 0 Å². The normalized spacial score (nSPS) is 23.3. The van der Waals surface area contributed by atoms with Gasteiger partial charge in [-0.3, -0.25) is 0 Å². The van der Waals surface area contributed by atoms with Crippen molar-refractivity contribution in [2.24, 2.45) is 5.92 Å². The van der Waals surface area contributed by atoms with E-state index in [0.29, 0.717) is 11.8 Å². The van der Waals surface area contributed by atoms with E-state index in [1.165, 1.54) is 17.5 Å². The molecule has 2 unspecified atom stereocenters. The van der Waals surface area contributed by atoms with Crippen molar-refractivity contribution < 1.29 is 14.6 Å². The van der Waals surface area contributed by atoms with Gasteiger partial charge in [0.05, 0.1) is 20.3 Å². The Morgan fingerprint density at radius 3 is 2.34 bits per heavy atom. The zero-order valence-corrected chi connectivity index (χ0v) is 17.6. The summed E-state index contributed by atoms with van der Waals surface area (Å²) < 4.78 is 10.9. The van der Waals surface area contributed by atoms with Gasteiger partial charge < -0.3 is 19.5 Å². The molecule has 2 aromatic carbocycles. The van der Waals surface area contributed by atoms with Crippen molar-refractivity contribution in [2.45, 2.75) is 44.1 Å². The fourth-order valence-corrected chi connectivity index (χ4v) is 5.05. The molecule has 4 rings (SSSR count). The van der Waals surface area contributed by atoms with Crippen LogP contribution in [0.3, 0.4) is 0 Å². The third-order valence-electron chi connectivity index (χ3n) is 6.74. The predicted octanol–water partition coefficient (Wildman–Crippen LogP) is 4.57. The molecule has 0 amide bonds. The molecule has 0 bridgehead atoms. The fraction of sp³-hybridized carbons (Fsp3) is 0.520. The maximum Gasteiger partial charge on any atom is 0.122 e. The van der Waals surface area contributed by atoms with Crippen LogP contribution in [-0.2, 0) is 6.42 Å². The molecule has 4 nitrogen and oxygen atoms in total. The molecule has 2 aliphatic rings. The smallest absolute Gasteiger partial charge is 0.122 e. The summed E-state index contributed by atoms with van der Waals surface area (Å²) >= 11 is 0. The van der Waals surface area contributed by atoms with E-state index in [1.807, 2.05) is 12.1 Å². The Bertz CT molecular complexity index is 791. The minimum Gasteiger partial charge on any atom is -0.497 e. The Balaban J connectivity index is 1.34. The maximum atomic E-state index is 10.7. The lowest BCUT2D eigenvalue weighted by Crippen LogP contribution is -2.36. The quantitative estimate of drug-likeness (QED) is 0.753. The molecule has 29 heavy (non-hydrogen) atoms. The highest BCUT2D eigenvalue weighted by Crippen LogP contribution is 2.35. The van der Waals surface area contributed by atoms with E-state index in [-0.39, 0.29) is 6.10 Å². The molecular formula is C25H33NO3. The average Bonchev–Trinajstić information content (AvgIpc) is 2.92. The van der Waals surface area contributed by atoms with E-state index in [9.17, 15) is 5.11 Å². The molecule has 2 aromatic rings. The van der Waals surface area contributed by atoms with E-state index < -0.39 is 0 Å². The van der Waals surface area contributed by atoms with Gasteiger partial charge in [-0.05, 0) is 85.9 Å². The largest absolute Gasteiger partial charge is 0.497 e. The lowest BCUT2D eigenvalue weighted by atomic mass is 9.88. The number of fused-ring (bicyclic) bond motifs is 1. The first kappa shape index (κ1) is 20.2. The van der Waals surface area contributed by atoms with E-state index in [0.717, 1.165) is 62.4 Å². The van der Waals surface area contributed by atoms with Crippen LogP contribution in [0.1, 0.15) is 54.4 Å². The minimum atomic E-state index is -0.319. The Hall–Kier alpha value is -2.04. The van der Waals surface area contributed by atoms with Crippen LogP contribution in [0.25, 0.3) is 0 Å². The highest BCUT2D eigenvalue weighted by molar-refractivity contribution is 5.40. The Morgan fingerprint density at radius 2 is 1.66 bits per heavy atom. The molecule has 1 aliphatic heterocycles. The molecule has 1 fully saturated rings. The third kappa shape index (κ3) is 4.76. The highest BCUT2D eigenvalue weighted by Gasteiger charge is 2.27. The number of methoxy groups -OCH3 is 2. The fourth-order valence-electron chi connectivity index (χ4n) is 5.05. The third-order valence-corrected chi connectivity index (χ3v) is 6.74. The second-order valence-corrected chi connectivity index (χ2v) is 8.58. The number of nitrogens with zero attached hydrogens (tertiary/aromatic N) is 1. The lowest BCUT2D eigenvalue weighted by Gasteiger charge is -2.34. The van der Waals surface area contributed by atoms with Crippen LogP contribution in [0.4, 0.5) is 0 Å². The molecule has 4 heteroatoms. The summed E-state index contributed by atoms with van der Waals surface area (Å²) in [7, 11) is 3.42. The van der Waals surface area contributed by atoms with Crippen molar-refractivity contribution in [1.82, 2.24) is 4.90 Å². The summed E-state index contributed by atoms with van der Waals surface area (Å²) in [6.07, 6.45) is 5.13. The van der Waals surface area contributed by atoms with Gasteiger partial charge in [-0.2, -0.15) is 0 Å². The second kappa shape index (κ2) is 9.19. The average molecular weight is 396 g/mol. The standard InChI is InChI=1S/C25H33NO3/c1-28-22-14-21(15-23(16-22)29-2)19-9-11-26(12-10-19)17-18-7-8-20-5-3-4-6-24(20)25(27)13-18/h3-6,14-16,18-19,25,27H,7-13,17H2,1-2H3. The molecule has 0 aromatic heterocycles. The second-order valence-electron chi connectivity index (χ2n) is 8.58. The molecule has 2 atom stereocenters. The highest BCUT2D eigenvalue weighted by atomic mass is 16.5. The van der Waals surface area contributed by atoms with Gasteiger partial charge in [0.1, 0.15) is 11.5 Å². The number of piperidine rings is 1. The molecule has 1 heterocycles. The van der Waals surface area contributed by atoms with Crippen molar-refractivity contribution in [3.05, 3.63) is 59.2 Å². The van der Waals surface area contributed by atoms with Gasteiger partial charge in [-0.25, -0.2) is 0 Å². The molecule has 1 saturated heterocycles. The first-order chi connectivity index (χ1) is 14.2. The minimum absolute atomic E-state index is 0.319. The summed E-state index contributed by atoms with van der Waals surface area (Å²) in [4.78, 5) is 2.60. The lowest BCUT2D eigenvalue weighted by molar-refractivity contribution is 0.117. The summed E-state index contributed by atoms with van der Waals surface area (Å²) in [5.74, 6) is 2.85. The molecular weight excluding hydrogens is 362 g/mol. The van der Waals surface area contributed by atoms with Crippen molar-refractivity contribution in [1.29, 1.82) is 0 Å². The number of benzene rings is 2. The molecule has 1 aliphatic carbocycles. The van der Waals surface area contributed by atoms with E-state index in [4.69, 9.17) is 9.47 Å². The van der Waals surface area contributed by atoms with Crippen LogP contribution < -0.4 is 9.47 Å². The maximum absolute atomic E-state index is 10.7. The Labute approximate surface area is 174 Å². The van der Waals surface area contributed by atoms with E-state index in [2.05, 4.69) is 35.2 Å². The van der Waals surface area contributed by atoms with Crippen LogP contribution in [0, 0.1) is 5.92 Å². The SMILES string of the molecule is COc1cc(OC)cc(C2CCN(CC3CCc4ccccc4C(O)C3)CC2)c1. The summed E-state index contributed by atoms with van der Waals surface area (Å²) in [5.41, 5.74) is 3.79. The number of aliphatic hydroxyl groups excluding tert-OH is 1. The van der Waals surface area contributed by atoms with Crippen molar-refractivity contribution in [3.8, 4) is 11.5 Å². The van der Waals surface area contributed by atoms with Crippen LogP contribution in [-0.4, -0.2) is 43.9 Å². The topological polar surface area (TPSA) is 41.9 Å². The number of aryl methyl sites for hydroxylation is 1. The molecule has 156 valence electrons. The summed E-state index contributed by atoms with van der Waals surface area (Å²) in [6, 6.07) is 14.6. The summed E-state index contributed by atoms with van der Waals surface area (Å²) in [6.45, 7) is 3.33. The van der Waals surface area contributed by atoms with Crippen molar-refractivity contribution >= 4 is 0 Å². The first-order valence-corrected chi connectivity index (χ1v) is 10.9.